The van der Waals surface area contributed by atoms with Crippen molar-refractivity contribution in [1.29, 1.82) is 0 Å². The molecule has 0 N–H and O–H groups in total. The molecule has 1 aromatic rings. The van der Waals surface area contributed by atoms with E-state index in [1.165, 1.54) is 12.1 Å². The third-order valence-electron chi connectivity index (χ3n) is 3.73. The van der Waals surface area contributed by atoms with Gasteiger partial charge in [-0.1, -0.05) is 0 Å². The molecule has 0 unspecified atom stereocenters. The number of rotatable bonds is 5. The second-order valence-electron chi connectivity index (χ2n) is 5.36. The Kier molecular flexibility index (Phi) is 5.99. The van der Waals surface area contributed by atoms with Gasteiger partial charge in [-0.3, -0.25) is 4.79 Å². The van der Waals surface area contributed by atoms with Crippen LogP contribution >= 0.6 is 0 Å². The summed E-state index contributed by atoms with van der Waals surface area (Å²) in [6.45, 7) is 6.85. The molecule has 1 aliphatic heterocycles. The van der Waals surface area contributed by atoms with E-state index in [2.05, 4.69) is 4.90 Å². The standard InChI is InChI=1S/C16H23FN2O2/c1-14(20)19-10-2-8-18(11-12-19)9-3-13-21-16-6-4-15(17)5-7-16/h4-7H,2-3,8-13H2,1H3. The number of nitrogens with zero attached hydrogens (tertiary/aromatic N) is 2. The first-order chi connectivity index (χ1) is 10.1. The molecule has 116 valence electrons. The van der Waals surface area contributed by atoms with Crippen molar-refractivity contribution in [3.63, 3.8) is 0 Å². The highest BCUT2D eigenvalue weighted by Crippen LogP contribution is 2.11. The fourth-order valence-electron chi connectivity index (χ4n) is 2.52. The lowest BCUT2D eigenvalue weighted by Gasteiger charge is -2.21. The SMILES string of the molecule is CC(=O)N1CCCN(CCCOc2ccc(F)cc2)CC1. The second-order valence-corrected chi connectivity index (χ2v) is 5.36. The third-order valence-corrected chi connectivity index (χ3v) is 3.73. The number of hydrogen-bond donors (Lipinski definition) is 0. The molecule has 0 aromatic heterocycles. The van der Waals surface area contributed by atoms with Gasteiger partial charge in [-0.25, -0.2) is 4.39 Å². The third kappa shape index (κ3) is 5.34. The van der Waals surface area contributed by atoms with Crippen LogP contribution in [0.3, 0.4) is 0 Å². The Morgan fingerprint density at radius 3 is 2.67 bits per heavy atom. The van der Waals surface area contributed by atoms with Crippen LogP contribution in [0.4, 0.5) is 4.39 Å². The summed E-state index contributed by atoms with van der Waals surface area (Å²) in [4.78, 5) is 15.6. The van der Waals surface area contributed by atoms with E-state index in [0.29, 0.717) is 12.4 Å². The molecule has 0 radical (unpaired) electrons. The summed E-state index contributed by atoms with van der Waals surface area (Å²) in [5.74, 6) is 0.619. The topological polar surface area (TPSA) is 32.8 Å². The quantitative estimate of drug-likeness (QED) is 0.780. The minimum absolute atomic E-state index is 0.163. The molecule has 1 saturated heterocycles. The Bertz CT molecular complexity index is 450. The van der Waals surface area contributed by atoms with E-state index in [1.807, 2.05) is 4.90 Å². The highest BCUT2D eigenvalue weighted by molar-refractivity contribution is 5.73. The smallest absolute Gasteiger partial charge is 0.219 e. The summed E-state index contributed by atoms with van der Waals surface area (Å²) in [7, 11) is 0. The van der Waals surface area contributed by atoms with Crippen LogP contribution < -0.4 is 4.74 Å². The first-order valence-electron chi connectivity index (χ1n) is 7.51. The summed E-state index contributed by atoms with van der Waals surface area (Å²) < 4.78 is 18.3. The number of benzene rings is 1. The van der Waals surface area contributed by atoms with Crippen LogP contribution in [-0.4, -0.2) is 55.0 Å². The largest absolute Gasteiger partial charge is 0.494 e. The van der Waals surface area contributed by atoms with Gasteiger partial charge in [0.25, 0.3) is 0 Å². The van der Waals surface area contributed by atoms with Crippen LogP contribution in [0.2, 0.25) is 0 Å². The van der Waals surface area contributed by atoms with Crippen molar-refractivity contribution in [2.45, 2.75) is 19.8 Å². The molecule has 21 heavy (non-hydrogen) atoms. The average Bonchev–Trinajstić information content (AvgIpc) is 2.71. The van der Waals surface area contributed by atoms with Gasteiger partial charge >= 0.3 is 0 Å². The normalized spacial score (nSPS) is 16.6. The van der Waals surface area contributed by atoms with Crippen molar-refractivity contribution in [2.75, 3.05) is 39.3 Å². The highest BCUT2D eigenvalue weighted by atomic mass is 19.1. The molecule has 0 atom stereocenters. The molecule has 0 aliphatic carbocycles. The van der Waals surface area contributed by atoms with E-state index < -0.39 is 0 Å². The molecule has 0 spiro atoms. The van der Waals surface area contributed by atoms with E-state index in [1.54, 1.807) is 19.1 Å². The maximum Gasteiger partial charge on any atom is 0.219 e. The lowest BCUT2D eigenvalue weighted by Crippen LogP contribution is -2.34. The number of amides is 1. The Morgan fingerprint density at radius 2 is 1.95 bits per heavy atom. The zero-order chi connectivity index (χ0) is 15.1. The molecular weight excluding hydrogens is 271 g/mol. The highest BCUT2D eigenvalue weighted by Gasteiger charge is 2.15. The van der Waals surface area contributed by atoms with Crippen LogP contribution in [0.1, 0.15) is 19.8 Å². The summed E-state index contributed by atoms with van der Waals surface area (Å²) in [5, 5.41) is 0. The first-order valence-corrected chi connectivity index (χ1v) is 7.51. The second kappa shape index (κ2) is 7.98. The minimum Gasteiger partial charge on any atom is -0.494 e. The van der Waals surface area contributed by atoms with Crippen molar-refractivity contribution >= 4 is 5.91 Å². The van der Waals surface area contributed by atoms with Crippen LogP contribution in [0.15, 0.2) is 24.3 Å². The fraction of sp³-hybridized carbons (Fsp3) is 0.562. The Balaban J connectivity index is 1.64. The zero-order valence-electron chi connectivity index (χ0n) is 12.6. The van der Waals surface area contributed by atoms with Crippen molar-refractivity contribution < 1.29 is 13.9 Å². The first kappa shape index (κ1) is 15.8. The Hall–Kier alpha value is -1.62. The molecule has 0 bridgehead atoms. The van der Waals surface area contributed by atoms with Gasteiger partial charge < -0.3 is 14.5 Å². The van der Waals surface area contributed by atoms with Gasteiger partial charge in [-0.2, -0.15) is 0 Å². The van der Waals surface area contributed by atoms with Gasteiger partial charge in [0.05, 0.1) is 6.61 Å². The molecule has 1 aromatic carbocycles. The Labute approximate surface area is 125 Å². The molecule has 5 heteroatoms. The maximum atomic E-state index is 12.8. The molecule has 2 rings (SSSR count). The molecule has 1 heterocycles. The Morgan fingerprint density at radius 1 is 1.19 bits per heavy atom. The lowest BCUT2D eigenvalue weighted by atomic mass is 10.3. The fourth-order valence-corrected chi connectivity index (χ4v) is 2.52. The van der Waals surface area contributed by atoms with Crippen LogP contribution in [0.25, 0.3) is 0 Å². The van der Waals surface area contributed by atoms with Gasteiger partial charge in [0, 0.05) is 33.1 Å². The average molecular weight is 294 g/mol. The van der Waals surface area contributed by atoms with Crippen LogP contribution in [-0.2, 0) is 4.79 Å². The summed E-state index contributed by atoms with van der Waals surface area (Å²) in [5.41, 5.74) is 0. The van der Waals surface area contributed by atoms with Crippen LogP contribution in [0, 0.1) is 5.82 Å². The number of carbonyl (C=O) groups is 1. The number of ether oxygens (including phenoxy) is 1. The van der Waals surface area contributed by atoms with Crippen molar-refractivity contribution in [1.82, 2.24) is 9.80 Å². The summed E-state index contributed by atoms with van der Waals surface area (Å²) in [6, 6.07) is 6.10. The van der Waals surface area contributed by atoms with Gasteiger partial charge in [0.15, 0.2) is 0 Å². The number of hydrogen-bond acceptors (Lipinski definition) is 3. The summed E-state index contributed by atoms with van der Waals surface area (Å²) in [6.07, 6.45) is 1.95. The summed E-state index contributed by atoms with van der Waals surface area (Å²) >= 11 is 0. The number of carbonyl (C=O) groups excluding carboxylic acids is 1. The minimum atomic E-state index is -0.248. The van der Waals surface area contributed by atoms with Crippen molar-refractivity contribution in [3.05, 3.63) is 30.1 Å². The van der Waals surface area contributed by atoms with Crippen molar-refractivity contribution in [2.24, 2.45) is 0 Å². The monoisotopic (exact) mass is 294 g/mol. The zero-order valence-corrected chi connectivity index (χ0v) is 12.6. The van der Waals surface area contributed by atoms with Gasteiger partial charge in [0.1, 0.15) is 11.6 Å². The molecular formula is C16H23FN2O2. The van der Waals surface area contributed by atoms with Gasteiger partial charge in [-0.05, 0) is 43.7 Å². The molecule has 1 aliphatic rings. The van der Waals surface area contributed by atoms with Gasteiger partial charge in [-0.15, -0.1) is 0 Å². The van der Waals surface area contributed by atoms with E-state index in [0.717, 1.165) is 45.6 Å². The predicted molar refractivity (Wildman–Crippen MR) is 79.8 cm³/mol. The molecule has 1 amide bonds. The van der Waals surface area contributed by atoms with E-state index in [4.69, 9.17) is 4.74 Å². The van der Waals surface area contributed by atoms with E-state index in [9.17, 15) is 9.18 Å². The number of halogens is 1. The molecule has 1 fully saturated rings. The van der Waals surface area contributed by atoms with E-state index in [-0.39, 0.29) is 11.7 Å². The van der Waals surface area contributed by atoms with Gasteiger partial charge in [0.2, 0.25) is 5.91 Å². The van der Waals surface area contributed by atoms with Crippen molar-refractivity contribution in [3.8, 4) is 5.75 Å². The predicted octanol–water partition coefficient (Wildman–Crippen LogP) is 2.15. The van der Waals surface area contributed by atoms with E-state index >= 15 is 0 Å². The maximum absolute atomic E-state index is 12.8. The molecule has 4 nitrogen and oxygen atoms in total. The molecule has 0 saturated carbocycles. The van der Waals surface area contributed by atoms with Crippen LogP contribution in [0.5, 0.6) is 5.75 Å². The lowest BCUT2D eigenvalue weighted by molar-refractivity contribution is -0.128.